The Hall–Kier alpha value is -2.96. The van der Waals surface area contributed by atoms with Crippen molar-refractivity contribution in [2.24, 2.45) is 7.05 Å². The van der Waals surface area contributed by atoms with Crippen LogP contribution in [0.1, 0.15) is 16.2 Å². The molecular weight excluding hydrogens is 287 g/mol. The minimum absolute atomic E-state index is 0.157. The normalized spacial score (nSPS) is 10.8. The van der Waals surface area contributed by atoms with Gasteiger partial charge >= 0.3 is 0 Å². The molecule has 3 aromatic rings. The average molecular weight is 300 g/mol. The smallest absolute Gasteiger partial charge is 0.251 e. The Balaban J connectivity index is 1.74. The zero-order valence-electron chi connectivity index (χ0n) is 11.8. The average Bonchev–Trinajstić information content (AvgIpc) is 2.89. The molecule has 0 bridgehead atoms. The number of benzene rings is 1. The van der Waals surface area contributed by atoms with E-state index in [9.17, 15) is 14.0 Å². The Morgan fingerprint density at radius 2 is 2.18 bits per heavy atom. The van der Waals surface area contributed by atoms with Gasteiger partial charge in [-0.05, 0) is 24.3 Å². The predicted octanol–water partition coefficient (Wildman–Crippen LogP) is 1.33. The zero-order chi connectivity index (χ0) is 15.7. The Bertz CT molecular complexity index is 913. The van der Waals surface area contributed by atoms with E-state index in [0.717, 1.165) is 0 Å². The van der Waals surface area contributed by atoms with Crippen LogP contribution in [0.4, 0.5) is 4.39 Å². The first-order valence-corrected chi connectivity index (χ1v) is 6.62. The van der Waals surface area contributed by atoms with Crippen molar-refractivity contribution in [1.29, 1.82) is 0 Å². The first-order valence-electron chi connectivity index (χ1n) is 6.62. The fourth-order valence-electron chi connectivity index (χ4n) is 2.07. The lowest BCUT2D eigenvalue weighted by atomic mass is 10.2. The van der Waals surface area contributed by atoms with E-state index in [1.165, 1.54) is 29.0 Å². The van der Waals surface area contributed by atoms with Gasteiger partial charge in [-0.15, -0.1) is 0 Å². The quantitative estimate of drug-likeness (QED) is 0.766. The second kappa shape index (κ2) is 5.44. The summed E-state index contributed by atoms with van der Waals surface area (Å²) in [6.45, 7) is 0.157. The van der Waals surface area contributed by atoms with Gasteiger partial charge < -0.3 is 14.9 Å². The van der Waals surface area contributed by atoms with Crippen molar-refractivity contribution >= 4 is 16.9 Å². The van der Waals surface area contributed by atoms with E-state index in [0.29, 0.717) is 16.9 Å². The molecule has 0 saturated heterocycles. The number of nitrogens with zero attached hydrogens (tertiary/aromatic N) is 2. The number of halogens is 1. The number of nitrogens with one attached hydrogen (secondary N) is 2. The molecule has 0 saturated carbocycles. The van der Waals surface area contributed by atoms with Gasteiger partial charge in [0.2, 0.25) is 0 Å². The van der Waals surface area contributed by atoms with E-state index in [1.807, 2.05) is 0 Å². The minimum Gasteiger partial charge on any atom is -0.345 e. The van der Waals surface area contributed by atoms with Crippen LogP contribution in [0.15, 0.2) is 41.3 Å². The molecule has 0 aliphatic rings. The van der Waals surface area contributed by atoms with E-state index < -0.39 is 0 Å². The molecule has 1 amide bonds. The molecule has 0 spiro atoms. The fraction of sp³-hybridized carbons (Fsp3) is 0.133. The third-order valence-corrected chi connectivity index (χ3v) is 3.28. The Morgan fingerprint density at radius 1 is 1.36 bits per heavy atom. The van der Waals surface area contributed by atoms with Gasteiger partial charge in [0.1, 0.15) is 11.6 Å². The number of aryl methyl sites for hydroxylation is 1. The maximum absolute atomic E-state index is 13.1. The number of aromatic nitrogens is 3. The molecule has 22 heavy (non-hydrogen) atoms. The summed E-state index contributed by atoms with van der Waals surface area (Å²) in [5.74, 6) is -0.214. The zero-order valence-corrected chi connectivity index (χ0v) is 11.8. The number of pyridine rings is 1. The van der Waals surface area contributed by atoms with E-state index >= 15 is 0 Å². The molecule has 6 nitrogen and oxygen atoms in total. The molecule has 3 rings (SSSR count). The van der Waals surface area contributed by atoms with Crippen LogP contribution in [-0.4, -0.2) is 20.4 Å². The van der Waals surface area contributed by atoms with Gasteiger partial charge in [0.15, 0.2) is 0 Å². The Morgan fingerprint density at radius 3 is 2.95 bits per heavy atom. The highest BCUT2D eigenvalue weighted by molar-refractivity contribution is 5.93. The molecule has 0 fully saturated rings. The standard InChI is InChI=1S/C15H13FN4O2/c1-20-5-4-9(6-14(20)21)15(22)17-8-13-18-11-3-2-10(16)7-12(11)19-13/h2-7H,8H2,1H3,(H,17,22)(H,18,19). The summed E-state index contributed by atoms with van der Waals surface area (Å²) < 4.78 is 14.5. The van der Waals surface area contributed by atoms with Crippen molar-refractivity contribution in [3.05, 3.63) is 64.1 Å². The fourth-order valence-corrected chi connectivity index (χ4v) is 2.07. The molecule has 0 atom stereocenters. The van der Waals surface area contributed by atoms with Gasteiger partial charge in [0.25, 0.3) is 11.5 Å². The number of aromatic amines is 1. The van der Waals surface area contributed by atoms with Crippen molar-refractivity contribution in [3.63, 3.8) is 0 Å². The van der Waals surface area contributed by atoms with Crippen molar-refractivity contribution in [2.45, 2.75) is 6.54 Å². The van der Waals surface area contributed by atoms with Crippen LogP contribution in [0, 0.1) is 5.82 Å². The molecule has 7 heteroatoms. The number of fused-ring (bicyclic) bond motifs is 1. The van der Waals surface area contributed by atoms with Crippen molar-refractivity contribution in [1.82, 2.24) is 19.9 Å². The molecule has 2 heterocycles. The maximum Gasteiger partial charge on any atom is 0.251 e. The highest BCUT2D eigenvalue weighted by Gasteiger charge is 2.09. The monoisotopic (exact) mass is 300 g/mol. The number of rotatable bonds is 3. The molecular formula is C15H13FN4O2. The van der Waals surface area contributed by atoms with Gasteiger partial charge in [0.05, 0.1) is 17.6 Å². The lowest BCUT2D eigenvalue weighted by molar-refractivity contribution is 0.0949. The Kier molecular flexibility index (Phi) is 3.46. The van der Waals surface area contributed by atoms with Crippen LogP contribution in [0.25, 0.3) is 11.0 Å². The van der Waals surface area contributed by atoms with Gasteiger partial charge in [-0.3, -0.25) is 9.59 Å². The molecule has 0 unspecified atom stereocenters. The molecule has 2 N–H and O–H groups in total. The van der Waals surface area contributed by atoms with Crippen LogP contribution < -0.4 is 10.9 Å². The number of hydrogen-bond acceptors (Lipinski definition) is 3. The molecule has 2 aromatic heterocycles. The van der Waals surface area contributed by atoms with E-state index in [2.05, 4.69) is 15.3 Å². The first kappa shape index (κ1) is 14.0. The maximum atomic E-state index is 13.1. The third-order valence-electron chi connectivity index (χ3n) is 3.28. The van der Waals surface area contributed by atoms with Crippen LogP contribution in [-0.2, 0) is 13.6 Å². The van der Waals surface area contributed by atoms with Crippen LogP contribution in [0.2, 0.25) is 0 Å². The molecule has 0 aliphatic carbocycles. The van der Waals surface area contributed by atoms with E-state index in [-0.39, 0.29) is 29.4 Å². The molecule has 0 aliphatic heterocycles. The summed E-state index contributed by atoms with van der Waals surface area (Å²) in [4.78, 5) is 30.7. The lowest BCUT2D eigenvalue weighted by Crippen LogP contribution is -2.26. The summed E-state index contributed by atoms with van der Waals surface area (Å²) in [7, 11) is 1.61. The van der Waals surface area contributed by atoms with Crippen molar-refractivity contribution in [3.8, 4) is 0 Å². The number of amides is 1. The lowest BCUT2D eigenvalue weighted by Gasteiger charge is -2.03. The topological polar surface area (TPSA) is 79.8 Å². The van der Waals surface area contributed by atoms with Gasteiger partial charge in [0, 0.05) is 24.9 Å². The van der Waals surface area contributed by atoms with Gasteiger partial charge in [-0.1, -0.05) is 0 Å². The Labute approximate surface area is 124 Å². The largest absolute Gasteiger partial charge is 0.345 e. The second-order valence-corrected chi connectivity index (χ2v) is 4.89. The SMILES string of the molecule is Cn1ccc(C(=O)NCc2nc3ccc(F)cc3[nH]2)cc1=O. The highest BCUT2D eigenvalue weighted by atomic mass is 19.1. The highest BCUT2D eigenvalue weighted by Crippen LogP contribution is 2.12. The minimum atomic E-state index is -0.371. The van der Waals surface area contributed by atoms with Crippen LogP contribution in [0.3, 0.4) is 0 Å². The molecule has 0 radical (unpaired) electrons. The van der Waals surface area contributed by atoms with Crippen LogP contribution in [0.5, 0.6) is 0 Å². The van der Waals surface area contributed by atoms with Gasteiger partial charge in [-0.25, -0.2) is 9.37 Å². The van der Waals surface area contributed by atoms with Crippen molar-refractivity contribution < 1.29 is 9.18 Å². The summed E-state index contributed by atoms with van der Waals surface area (Å²) in [6, 6.07) is 7.06. The third kappa shape index (κ3) is 2.73. The first-order chi connectivity index (χ1) is 10.5. The summed E-state index contributed by atoms with van der Waals surface area (Å²) in [5.41, 5.74) is 1.22. The van der Waals surface area contributed by atoms with Crippen LogP contribution >= 0.6 is 0 Å². The molecule has 112 valence electrons. The summed E-state index contributed by atoms with van der Waals surface area (Å²) in [6.07, 6.45) is 1.53. The predicted molar refractivity (Wildman–Crippen MR) is 78.9 cm³/mol. The number of hydrogen-bond donors (Lipinski definition) is 2. The van der Waals surface area contributed by atoms with E-state index in [1.54, 1.807) is 19.2 Å². The summed E-state index contributed by atoms with van der Waals surface area (Å²) >= 11 is 0. The number of carbonyl (C=O) groups is 1. The van der Waals surface area contributed by atoms with Gasteiger partial charge in [-0.2, -0.15) is 0 Å². The summed E-state index contributed by atoms with van der Waals surface area (Å²) in [5, 5.41) is 2.66. The second-order valence-electron chi connectivity index (χ2n) is 4.89. The molecule has 1 aromatic carbocycles. The van der Waals surface area contributed by atoms with Crippen molar-refractivity contribution in [2.75, 3.05) is 0 Å². The number of imidazole rings is 1. The van der Waals surface area contributed by atoms with E-state index in [4.69, 9.17) is 0 Å². The number of H-pyrrole nitrogens is 1. The number of carbonyl (C=O) groups excluding carboxylic acids is 1.